The largest absolute Gasteiger partial charge is 0.381 e. The maximum absolute atomic E-state index is 15.0. The molecule has 6 rings (SSSR count). The number of pyridine rings is 1. The summed E-state index contributed by atoms with van der Waals surface area (Å²) >= 11 is 2.91. The highest BCUT2D eigenvalue weighted by Gasteiger charge is 2.48. The van der Waals surface area contributed by atoms with Crippen molar-refractivity contribution >= 4 is 54.5 Å². The van der Waals surface area contributed by atoms with Crippen molar-refractivity contribution in [2.45, 2.75) is 30.7 Å². The molecule has 4 aromatic rings. The number of nitrogens with one attached hydrogen (secondary N) is 1. The van der Waals surface area contributed by atoms with Crippen molar-refractivity contribution in [3.05, 3.63) is 46.4 Å². The number of aromatic nitrogens is 2. The number of anilines is 2. The number of rotatable bonds is 3. The molecule has 166 valence electrons. The van der Waals surface area contributed by atoms with Crippen molar-refractivity contribution < 1.29 is 13.5 Å². The van der Waals surface area contributed by atoms with Gasteiger partial charge in [0.2, 0.25) is 0 Å². The molecule has 2 aliphatic rings. The molecule has 0 bridgehead atoms. The predicted octanol–water partition coefficient (Wildman–Crippen LogP) is 5.90. The van der Waals surface area contributed by atoms with Crippen molar-refractivity contribution in [3.63, 3.8) is 0 Å². The molecule has 2 saturated heterocycles. The Morgan fingerprint density at radius 1 is 1.22 bits per heavy atom. The Bertz CT molecular complexity index is 1310. The van der Waals surface area contributed by atoms with Gasteiger partial charge < -0.3 is 10.1 Å². The summed E-state index contributed by atoms with van der Waals surface area (Å²) in [7, 11) is 2.21. The first-order chi connectivity index (χ1) is 15.6. The van der Waals surface area contributed by atoms with E-state index >= 15 is 0 Å². The van der Waals surface area contributed by atoms with Gasteiger partial charge in [0.1, 0.15) is 16.0 Å². The third-order valence-corrected chi connectivity index (χ3v) is 9.03. The Morgan fingerprint density at radius 3 is 2.91 bits per heavy atom. The zero-order chi connectivity index (χ0) is 21.9. The molecule has 2 fully saturated rings. The Balaban J connectivity index is 1.41. The highest BCUT2D eigenvalue weighted by atomic mass is 32.1. The van der Waals surface area contributed by atoms with Crippen LogP contribution >= 0.6 is 22.7 Å². The molecule has 3 aromatic heterocycles. The molecular formula is C23H22F2N4OS2. The van der Waals surface area contributed by atoms with Crippen molar-refractivity contribution in [1.82, 2.24) is 14.9 Å². The number of halogens is 2. The number of hydrogen-bond acceptors (Lipinski definition) is 7. The van der Waals surface area contributed by atoms with E-state index in [0.717, 1.165) is 49.2 Å². The van der Waals surface area contributed by atoms with Gasteiger partial charge in [-0.2, -0.15) is 0 Å². The molecule has 5 nitrogen and oxygen atoms in total. The van der Waals surface area contributed by atoms with E-state index in [9.17, 15) is 8.78 Å². The third-order valence-electron chi connectivity index (χ3n) is 7.10. The lowest BCUT2D eigenvalue weighted by atomic mass is 9.77. The first-order valence-corrected chi connectivity index (χ1v) is 12.4. The Kier molecular flexibility index (Phi) is 4.90. The van der Waals surface area contributed by atoms with E-state index in [1.54, 1.807) is 23.6 Å². The van der Waals surface area contributed by atoms with E-state index in [2.05, 4.69) is 33.3 Å². The Morgan fingerprint density at radius 2 is 2.06 bits per heavy atom. The molecule has 2 aliphatic heterocycles. The summed E-state index contributed by atoms with van der Waals surface area (Å²) in [5, 5.41) is 3.89. The molecule has 0 amide bonds. The van der Waals surface area contributed by atoms with Gasteiger partial charge in [0, 0.05) is 41.1 Å². The topological polar surface area (TPSA) is 50.3 Å². The molecule has 0 saturated carbocycles. The maximum atomic E-state index is 15.0. The third kappa shape index (κ3) is 3.06. The summed E-state index contributed by atoms with van der Waals surface area (Å²) in [4.78, 5) is 13.2. The molecule has 1 spiro atoms. The fraction of sp³-hybridized carbons (Fsp3) is 0.391. The highest BCUT2D eigenvalue weighted by Crippen LogP contribution is 2.50. The van der Waals surface area contributed by atoms with Gasteiger partial charge in [-0.1, -0.05) is 0 Å². The van der Waals surface area contributed by atoms with E-state index < -0.39 is 11.6 Å². The fourth-order valence-electron chi connectivity index (χ4n) is 5.36. The van der Waals surface area contributed by atoms with E-state index in [1.807, 2.05) is 0 Å². The van der Waals surface area contributed by atoms with Gasteiger partial charge in [0.25, 0.3) is 0 Å². The summed E-state index contributed by atoms with van der Waals surface area (Å²) in [6, 6.07) is 5.26. The Hall–Kier alpha value is -2.20. The standard InChI is InChI=1S/C23H22F2N4OS2/c1-29-7-3-14(23(29)4-8-30-9-5-23)17-10-13-16(2-6-26-22(13)32-17)28-20-15(24)11-18-21(19(20)25)27-12-31-18/h2,6,10-12,14H,3-5,7-9H2,1H3,(H,26,28). The Labute approximate surface area is 192 Å². The average Bonchev–Trinajstić information content (AvgIpc) is 3.50. The normalized spacial score (nSPS) is 21.2. The molecule has 1 N–H and O–H groups in total. The van der Waals surface area contributed by atoms with Crippen LogP contribution in [0, 0.1) is 11.6 Å². The summed E-state index contributed by atoms with van der Waals surface area (Å²) in [6.45, 7) is 2.63. The summed E-state index contributed by atoms with van der Waals surface area (Å²) < 4.78 is 35.9. The van der Waals surface area contributed by atoms with Crippen LogP contribution in [0.2, 0.25) is 0 Å². The van der Waals surface area contributed by atoms with Crippen LogP contribution in [0.4, 0.5) is 20.2 Å². The van der Waals surface area contributed by atoms with E-state index in [-0.39, 0.29) is 16.7 Å². The fourth-order valence-corrected chi connectivity index (χ4v) is 7.33. The number of likely N-dealkylation sites (tertiary alicyclic amines) is 1. The predicted molar refractivity (Wildman–Crippen MR) is 125 cm³/mol. The number of fused-ring (bicyclic) bond motifs is 2. The number of thiazole rings is 1. The van der Waals surface area contributed by atoms with Gasteiger partial charge in [-0.25, -0.2) is 18.7 Å². The van der Waals surface area contributed by atoms with Gasteiger partial charge in [-0.15, -0.1) is 22.7 Å². The summed E-state index contributed by atoms with van der Waals surface area (Å²) in [5.41, 5.74) is 2.30. The molecule has 1 unspecified atom stereocenters. The minimum Gasteiger partial charge on any atom is -0.381 e. The van der Waals surface area contributed by atoms with Crippen LogP contribution in [-0.2, 0) is 4.74 Å². The zero-order valence-corrected chi connectivity index (χ0v) is 19.2. The first kappa shape index (κ1) is 20.4. The molecular weight excluding hydrogens is 450 g/mol. The van der Waals surface area contributed by atoms with Gasteiger partial charge >= 0.3 is 0 Å². The van der Waals surface area contributed by atoms with Gasteiger partial charge in [-0.05, 0) is 51.1 Å². The van der Waals surface area contributed by atoms with Crippen molar-refractivity contribution in [3.8, 4) is 0 Å². The van der Waals surface area contributed by atoms with Crippen LogP contribution in [-0.4, -0.2) is 47.2 Å². The summed E-state index contributed by atoms with van der Waals surface area (Å²) in [6.07, 6.45) is 4.82. The second kappa shape index (κ2) is 7.69. The van der Waals surface area contributed by atoms with Crippen LogP contribution in [0.5, 0.6) is 0 Å². The van der Waals surface area contributed by atoms with E-state index in [4.69, 9.17) is 4.74 Å². The van der Waals surface area contributed by atoms with E-state index in [0.29, 0.717) is 16.3 Å². The van der Waals surface area contributed by atoms with Crippen LogP contribution in [0.3, 0.4) is 0 Å². The molecule has 1 atom stereocenters. The molecule has 1 aromatic carbocycles. The number of ether oxygens (including phenoxy) is 1. The summed E-state index contributed by atoms with van der Waals surface area (Å²) in [5.74, 6) is -0.887. The smallest absolute Gasteiger partial charge is 0.176 e. The molecule has 32 heavy (non-hydrogen) atoms. The average molecular weight is 473 g/mol. The second-order valence-electron chi connectivity index (χ2n) is 8.58. The lowest BCUT2D eigenvalue weighted by molar-refractivity contribution is -0.00532. The van der Waals surface area contributed by atoms with Crippen LogP contribution in [0.1, 0.15) is 30.1 Å². The molecule has 0 radical (unpaired) electrons. The zero-order valence-electron chi connectivity index (χ0n) is 17.5. The number of thiophene rings is 1. The van der Waals surface area contributed by atoms with Gasteiger partial charge in [-0.3, -0.25) is 4.90 Å². The number of hydrogen-bond donors (Lipinski definition) is 1. The molecule has 5 heterocycles. The van der Waals surface area contributed by atoms with E-state index in [1.165, 1.54) is 27.8 Å². The monoisotopic (exact) mass is 472 g/mol. The SMILES string of the molecule is CN1CCC(c2cc3c(Nc4c(F)cc5scnc5c4F)ccnc3s2)C12CCOCC2. The molecule has 9 heteroatoms. The minimum absolute atomic E-state index is 0.112. The van der Waals surface area contributed by atoms with Crippen molar-refractivity contribution in [2.75, 3.05) is 32.1 Å². The van der Waals surface area contributed by atoms with Crippen molar-refractivity contribution in [2.24, 2.45) is 0 Å². The lowest BCUT2D eigenvalue weighted by Crippen LogP contribution is -2.49. The number of benzene rings is 1. The van der Waals surface area contributed by atoms with Crippen LogP contribution in [0.25, 0.3) is 20.4 Å². The number of likely N-dealkylation sites (N-methyl/N-ethyl adjacent to an activating group) is 1. The van der Waals surface area contributed by atoms with Crippen molar-refractivity contribution in [1.29, 1.82) is 0 Å². The first-order valence-electron chi connectivity index (χ1n) is 10.7. The highest BCUT2D eigenvalue weighted by molar-refractivity contribution is 7.18. The second-order valence-corrected chi connectivity index (χ2v) is 10.5. The molecule has 0 aliphatic carbocycles. The minimum atomic E-state index is -0.666. The lowest BCUT2D eigenvalue weighted by Gasteiger charge is -2.43. The quantitative estimate of drug-likeness (QED) is 0.403. The van der Waals surface area contributed by atoms with Crippen LogP contribution < -0.4 is 5.32 Å². The van der Waals surface area contributed by atoms with Gasteiger partial charge in [0.15, 0.2) is 11.6 Å². The van der Waals surface area contributed by atoms with Gasteiger partial charge in [0.05, 0.1) is 15.9 Å². The number of nitrogens with zero attached hydrogens (tertiary/aromatic N) is 3. The van der Waals surface area contributed by atoms with Crippen LogP contribution in [0.15, 0.2) is 29.9 Å². The maximum Gasteiger partial charge on any atom is 0.176 e.